The predicted molar refractivity (Wildman–Crippen MR) is 132 cm³/mol. The summed E-state index contributed by atoms with van der Waals surface area (Å²) in [6, 6.07) is 14.3. The maximum Gasteiger partial charge on any atom is 0.239 e. The van der Waals surface area contributed by atoms with Gasteiger partial charge in [0.25, 0.3) is 0 Å². The van der Waals surface area contributed by atoms with Crippen molar-refractivity contribution in [2.24, 2.45) is 0 Å². The first-order valence-corrected chi connectivity index (χ1v) is 11.7. The molecule has 0 atom stereocenters. The molecular formula is C21H25BrClN3OS2. The van der Waals surface area contributed by atoms with E-state index in [2.05, 4.69) is 72.2 Å². The van der Waals surface area contributed by atoms with Gasteiger partial charge >= 0.3 is 0 Å². The van der Waals surface area contributed by atoms with Gasteiger partial charge in [-0.1, -0.05) is 45.0 Å². The van der Waals surface area contributed by atoms with Crippen LogP contribution in [0.4, 0.5) is 5.13 Å². The van der Waals surface area contributed by atoms with E-state index in [-0.39, 0.29) is 18.3 Å². The Kier molecular flexibility index (Phi) is 9.43. The third kappa shape index (κ3) is 6.96. The van der Waals surface area contributed by atoms with Gasteiger partial charge in [0.1, 0.15) is 0 Å². The third-order valence-electron chi connectivity index (χ3n) is 4.24. The normalized spacial score (nSPS) is 10.9. The molecule has 0 fully saturated rings. The second kappa shape index (κ2) is 11.3. The lowest BCUT2D eigenvalue weighted by Crippen LogP contribution is -2.34. The number of aromatic nitrogens is 1. The van der Waals surface area contributed by atoms with Crippen LogP contribution in [-0.2, 0) is 4.79 Å². The van der Waals surface area contributed by atoms with E-state index in [0.29, 0.717) is 12.3 Å². The molecule has 8 heteroatoms. The van der Waals surface area contributed by atoms with Crippen molar-refractivity contribution >= 4 is 72.7 Å². The third-order valence-corrected chi connectivity index (χ3v) is 6.77. The Morgan fingerprint density at radius 3 is 2.55 bits per heavy atom. The second-order valence-electron chi connectivity index (χ2n) is 6.91. The van der Waals surface area contributed by atoms with Crippen molar-refractivity contribution in [2.75, 3.05) is 37.8 Å². The number of fused-ring (bicyclic) bond motifs is 1. The van der Waals surface area contributed by atoms with Gasteiger partial charge in [-0.2, -0.15) is 0 Å². The fourth-order valence-corrected chi connectivity index (χ4v) is 5.07. The monoisotopic (exact) mass is 513 g/mol. The molecule has 1 heterocycles. The Labute approximate surface area is 195 Å². The molecule has 0 bridgehead atoms. The van der Waals surface area contributed by atoms with Crippen LogP contribution in [0.1, 0.15) is 12.0 Å². The number of anilines is 1. The van der Waals surface area contributed by atoms with Gasteiger partial charge in [0.15, 0.2) is 5.13 Å². The number of nitrogens with zero attached hydrogens (tertiary/aromatic N) is 3. The molecule has 156 valence electrons. The molecule has 0 aliphatic carbocycles. The van der Waals surface area contributed by atoms with Crippen molar-refractivity contribution in [1.82, 2.24) is 9.88 Å². The van der Waals surface area contributed by atoms with E-state index in [9.17, 15) is 4.79 Å². The number of halogens is 2. The largest absolute Gasteiger partial charge is 0.309 e. The number of thioether (sulfide) groups is 1. The standard InChI is InChI=1S/C21H24BrN3OS2.ClH/c1-15-5-8-17(9-6-15)27-14-20(26)25(12-4-11-24(2)3)21-23-18-10-7-16(22)13-19(18)28-21;/h5-10,13H,4,11-12,14H2,1-3H3;1H. The van der Waals surface area contributed by atoms with E-state index in [1.807, 2.05) is 17.0 Å². The van der Waals surface area contributed by atoms with Gasteiger partial charge in [0.05, 0.1) is 16.0 Å². The number of rotatable bonds is 8. The van der Waals surface area contributed by atoms with Gasteiger partial charge in [-0.25, -0.2) is 4.98 Å². The maximum absolute atomic E-state index is 13.1. The summed E-state index contributed by atoms with van der Waals surface area (Å²) in [6.07, 6.45) is 0.910. The van der Waals surface area contributed by atoms with E-state index < -0.39 is 0 Å². The molecule has 3 aromatic rings. The minimum absolute atomic E-state index is 0. The molecule has 2 aromatic carbocycles. The average molecular weight is 515 g/mol. The number of benzene rings is 2. The number of amides is 1. The molecule has 0 N–H and O–H groups in total. The summed E-state index contributed by atoms with van der Waals surface area (Å²) < 4.78 is 2.11. The second-order valence-corrected chi connectivity index (χ2v) is 9.89. The quantitative estimate of drug-likeness (QED) is 0.352. The Hall–Kier alpha value is -1.12. The molecule has 0 unspecified atom stereocenters. The molecule has 0 aliphatic rings. The van der Waals surface area contributed by atoms with Crippen LogP contribution in [0.5, 0.6) is 0 Å². The number of aryl methyl sites for hydroxylation is 1. The average Bonchev–Trinajstić information content (AvgIpc) is 3.07. The highest BCUT2D eigenvalue weighted by molar-refractivity contribution is 9.10. The number of hydrogen-bond acceptors (Lipinski definition) is 5. The SMILES string of the molecule is Cc1ccc(SCC(=O)N(CCCN(C)C)c2nc3ccc(Br)cc3s2)cc1.Cl. The first kappa shape index (κ1) is 24.2. The van der Waals surface area contributed by atoms with E-state index >= 15 is 0 Å². The fourth-order valence-electron chi connectivity index (χ4n) is 2.73. The highest BCUT2D eigenvalue weighted by Gasteiger charge is 2.20. The molecule has 0 radical (unpaired) electrons. The van der Waals surface area contributed by atoms with Crippen LogP contribution in [0.3, 0.4) is 0 Å². The van der Waals surface area contributed by atoms with E-state index in [4.69, 9.17) is 4.98 Å². The zero-order chi connectivity index (χ0) is 20.1. The fraction of sp³-hybridized carbons (Fsp3) is 0.333. The minimum atomic E-state index is 0. The molecule has 0 spiro atoms. The molecule has 0 saturated heterocycles. The maximum atomic E-state index is 13.1. The van der Waals surface area contributed by atoms with Crippen molar-refractivity contribution in [3.63, 3.8) is 0 Å². The van der Waals surface area contributed by atoms with Crippen molar-refractivity contribution in [3.8, 4) is 0 Å². The van der Waals surface area contributed by atoms with Crippen molar-refractivity contribution in [2.45, 2.75) is 18.2 Å². The van der Waals surface area contributed by atoms with Gasteiger partial charge in [-0.3, -0.25) is 9.69 Å². The van der Waals surface area contributed by atoms with Crippen molar-refractivity contribution < 1.29 is 4.79 Å². The summed E-state index contributed by atoms with van der Waals surface area (Å²) in [5.74, 6) is 0.507. The van der Waals surface area contributed by atoms with Crippen LogP contribution in [0, 0.1) is 6.92 Å². The summed E-state index contributed by atoms with van der Waals surface area (Å²) in [4.78, 5) is 22.9. The van der Waals surface area contributed by atoms with Gasteiger partial charge in [0, 0.05) is 15.9 Å². The van der Waals surface area contributed by atoms with Crippen LogP contribution in [-0.4, -0.2) is 48.7 Å². The van der Waals surface area contributed by atoms with Crippen LogP contribution < -0.4 is 4.90 Å². The first-order valence-electron chi connectivity index (χ1n) is 9.13. The highest BCUT2D eigenvalue weighted by atomic mass is 79.9. The Bertz CT molecular complexity index is 947. The van der Waals surface area contributed by atoms with Gasteiger partial charge in [-0.05, 0) is 64.3 Å². The summed E-state index contributed by atoms with van der Waals surface area (Å²) in [5.41, 5.74) is 2.15. The smallest absolute Gasteiger partial charge is 0.239 e. The number of hydrogen-bond donors (Lipinski definition) is 0. The lowest BCUT2D eigenvalue weighted by atomic mass is 10.2. The molecule has 3 rings (SSSR count). The molecule has 1 aromatic heterocycles. The van der Waals surface area contributed by atoms with Gasteiger partial charge in [0.2, 0.25) is 5.91 Å². The number of thiazole rings is 1. The molecule has 0 saturated carbocycles. The summed E-state index contributed by atoms with van der Waals surface area (Å²) in [5, 5.41) is 0.779. The zero-order valence-corrected chi connectivity index (χ0v) is 20.8. The lowest BCUT2D eigenvalue weighted by molar-refractivity contribution is -0.116. The molecular weight excluding hydrogens is 490 g/mol. The zero-order valence-electron chi connectivity index (χ0n) is 16.7. The Balaban J connectivity index is 0.00000300. The minimum Gasteiger partial charge on any atom is -0.309 e. The summed E-state index contributed by atoms with van der Waals surface area (Å²) >= 11 is 6.66. The topological polar surface area (TPSA) is 36.4 Å². The molecule has 29 heavy (non-hydrogen) atoms. The van der Waals surface area contributed by atoms with Crippen molar-refractivity contribution in [3.05, 3.63) is 52.5 Å². The van der Waals surface area contributed by atoms with Gasteiger partial charge in [-0.15, -0.1) is 24.2 Å². The molecule has 4 nitrogen and oxygen atoms in total. The summed E-state index contributed by atoms with van der Waals surface area (Å²) in [7, 11) is 4.10. The first-order chi connectivity index (χ1) is 13.4. The Morgan fingerprint density at radius 2 is 1.86 bits per heavy atom. The van der Waals surface area contributed by atoms with E-state index in [1.54, 1.807) is 23.1 Å². The van der Waals surface area contributed by atoms with Gasteiger partial charge < -0.3 is 4.90 Å². The van der Waals surface area contributed by atoms with E-state index in [1.165, 1.54) is 5.56 Å². The van der Waals surface area contributed by atoms with Crippen molar-refractivity contribution in [1.29, 1.82) is 0 Å². The van der Waals surface area contributed by atoms with Crippen LogP contribution >= 0.6 is 51.4 Å². The van der Waals surface area contributed by atoms with Crippen LogP contribution in [0.15, 0.2) is 51.8 Å². The molecule has 0 aliphatic heterocycles. The predicted octanol–water partition coefficient (Wildman–Crippen LogP) is 5.87. The Morgan fingerprint density at radius 1 is 1.14 bits per heavy atom. The van der Waals surface area contributed by atoms with Crippen LogP contribution in [0.2, 0.25) is 0 Å². The molecule has 1 amide bonds. The number of carbonyl (C=O) groups is 1. The van der Waals surface area contributed by atoms with Crippen LogP contribution in [0.25, 0.3) is 10.2 Å². The van der Waals surface area contributed by atoms with E-state index in [0.717, 1.165) is 37.7 Å². The number of carbonyl (C=O) groups excluding carboxylic acids is 1. The lowest BCUT2D eigenvalue weighted by Gasteiger charge is -2.21. The summed E-state index contributed by atoms with van der Waals surface area (Å²) in [6.45, 7) is 3.68. The highest BCUT2D eigenvalue weighted by Crippen LogP contribution is 2.31.